The van der Waals surface area contributed by atoms with Crippen LogP contribution in [0.1, 0.15) is 5.82 Å². The van der Waals surface area contributed by atoms with Gasteiger partial charge in [-0.05, 0) is 28.1 Å². The zero-order valence-corrected chi connectivity index (χ0v) is 9.19. The summed E-state index contributed by atoms with van der Waals surface area (Å²) in [6.45, 7) is 0. The van der Waals surface area contributed by atoms with E-state index in [1.165, 1.54) is 0 Å². The zero-order valence-electron chi connectivity index (χ0n) is 6.85. The molecule has 0 aliphatic rings. The normalized spacial score (nSPS) is 10.9. The second-order valence-electron chi connectivity index (χ2n) is 2.76. The number of imidazole rings is 1. The van der Waals surface area contributed by atoms with Gasteiger partial charge in [0.1, 0.15) is 11.3 Å². The molecule has 0 radical (unpaired) electrons. The van der Waals surface area contributed by atoms with Gasteiger partial charge in [0.25, 0.3) is 0 Å². The number of H-pyrrole nitrogens is 1. The van der Waals surface area contributed by atoms with Crippen LogP contribution in [0.15, 0.2) is 22.7 Å². The minimum Gasteiger partial charge on any atom is -0.342 e. The Labute approximate surface area is 89.4 Å². The van der Waals surface area contributed by atoms with Gasteiger partial charge in [-0.3, -0.25) is 0 Å². The Bertz CT molecular complexity index is 424. The van der Waals surface area contributed by atoms with Gasteiger partial charge in [-0.1, -0.05) is 6.07 Å². The van der Waals surface area contributed by atoms with Crippen LogP contribution in [-0.2, 0) is 6.42 Å². The molecule has 2 rings (SSSR count). The highest BCUT2D eigenvalue weighted by atomic mass is 79.9. The number of rotatable bonds is 2. The Kier molecular flexibility index (Phi) is 2.56. The van der Waals surface area contributed by atoms with E-state index in [1.54, 1.807) is 0 Å². The molecule has 0 spiro atoms. The molecule has 0 atom stereocenters. The second-order valence-corrected chi connectivity index (χ2v) is 3.99. The van der Waals surface area contributed by atoms with Crippen molar-refractivity contribution in [2.24, 2.45) is 0 Å². The van der Waals surface area contributed by atoms with Crippen LogP contribution < -0.4 is 0 Å². The van der Waals surface area contributed by atoms with Crippen molar-refractivity contribution >= 4 is 38.6 Å². The van der Waals surface area contributed by atoms with Crippen LogP contribution in [0.4, 0.5) is 0 Å². The second kappa shape index (κ2) is 3.68. The van der Waals surface area contributed by atoms with Gasteiger partial charge in [-0.15, -0.1) is 11.6 Å². The molecule has 1 aromatic heterocycles. The summed E-state index contributed by atoms with van der Waals surface area (Å²) in [5.41, 5.74) is 2.03. The Hall–Kier alpha value is -0.540. The molecule has 0 saturated heterocycles. The molecule has 0 bridgehead atoms. The average molecular weight is 260 g/mol. The zero-order chi connectivity index (χ0) is 9.26. The summed E-state index contributed by atoms with van der Waals surface area (Å²) in [6.07, 6.45) is 0.780. The molecule has 0 unspecified atom stereocenters. The predicted molar refractivity (Wildman–Crippen MR) is 58.2 cm³/mol. The maximum Gasteiger partial charge on any atom is 0.108 e. The lowest BCUT2D eigenvalue weighted by atomic mass is 10.3. The SMILES string of the molecule is ClCCc1nc2c(Br)cccc2[nH]1. The van der Waals surface area contributed by atoms with Crippen LogP contribution in [0.25, 0.3) is 11.0 Å². The standard InChI is InChI=1S/C9H8BrClN2/c10-6-2-1-3-7-9(6)13-8(12-7)4-5-11/h1-3H,4-5H2,(H,12,13). The number of nitrogens with one attached hydrogen (secondary N) is 1. The van der Waals surface area contributed by atoms with E-state index in [-0.39, 0.29) is 0 Å². The fourth-order valence-electron chi connectivity index (χ4n) is 1.26. The fraction of sp³-hybridized carbons (Fsp3) is 0.222. The molecule has 0 amide bonds. The summed E-state index contributed by atoms with van der Waals surface area (Å²) >= 11 is 9.08. The highest BCUT2D eigenvalue weighted by Gasteiger charge is 2.04. The highest BCUT2D eigenvalue weighted by Crippen LogP contribution is 2.21. The van der Waals surface area contributed by atoms with E-state index in [0.29, 0.717) is 5.88 Å². The molecule has 2 nitrogen and oxygen atoms in total. The first-order valence-electron chi connectivity index (χ1n) is 4.00. The Morgan fingerprint density at radius 3 is 3.00 bits per heavy atom. The molecular formula is C9H8BrClN2. The van der Waals surface area contributed by atoms with Gasteiger partial charge in [-0.25, -0.2) is 4.98 Å². The summed E-state index contributed by atoms with van der Waals surface area (Å²) in [7, 11) is 0. The van der Waals surface area contributed by atoms with Crippen LogP contribution in [0.5, 0.6) is 0 Å². The third-order valence-corrected chi connectivity index (χ3v) is 2.67. The smallest absolute Gasteiger partial charge is 0.108 e. The Morgan fingerprint density at radius 2 is 2.31 bits per heavy atom. The maximum atomic E-state index is 5.63. The monoisotopic (exact) mass is 258 g/mol. The minimum atomic E-state index is 0.595. The number of para-hydroxylation sites is 1. The molecule has 2 aromatic rings. The van der Waals surface area contributed by atoms with E-state index in [1.807, 2.05) is 18.2 Å². The molecule has 68 valence electrons. The lowest BCUT2D eigenvalue weighted by molar-refractivity contribution is 1.01. The molecule has 0 fully saturated rings. The van der Waals surface area contributed by atoms with Gasteiger partial charge in [0.2, 0.25) is 0 Å². The van der Waals surface area contributed by atoms with Crippen molar-refractivity contribution in [2.45, 2.75) is 6.42 Å². The average Bonchev–Trinajstić information content (AvgIpc) is 2.49. The van der Waals surface area contributed by atoms with Gasteiger partial charge < -0.3 is 4.98 Å². The van der Waals surface area contributed by atoms with Gasteiger partial charge in [0, 0.05) is 16.8 Å². The summed E-state index contributed by atoms with van der Waals surface area (Å²) in [6, 6.07) is 5.97. The number of aryl methyl sites for hydroxylation is 1. The Balaban J connectivity index is 2.55. The topological polar surface area (TPSA) is 28.7 Å². The summed E-state index contributed by atoms with van der Waals surface area (Å²) in [4.78, 5) is 7.63. The van der Waals surface area contributed by atoms with Gasteiger partial charge >= 0.3 is 0 Å². The number of nitrogens with zero attached hydrogens (tertiary/aromatic N) is 1. The van der Waals surface area contributed by atoms with E-state index < -0.39 is 0 Å². The highest BCUT2D eigenvalue weighted by molar-refractivity contribution is 9.10. The number of alkyl halides is 1. The van der Waals surface area contributed by atoms with Gasteiger partial charge in [0.05, 0.1) is 5.52 Å². The van der Waals surface area contributed by atoms with E-state index in [0.717, 1.165) is 27.8 Å². The largest absolute Gasteiger partial charge is 0.342 e. The van der Waals surface area contributed by atoms with Crippen molar-refractivity contribution in [3.05, 3.63) is 28.5 Å². The molecule has 0 saturated carbocycles. The number of aromatic nitrogens is 2. The third kappa shape index (κ3) is 1.71. The van der Waals surface area contributed by atoms with Gasteiger partial charge in [-0.2, -0.15) is 0 Å². The van der Waals surface area contributed by atoms with Crippen molar-refractivity contribution in [1.29, 1.82) is 0 Å². The van der Waals surface area contributed by atoms with Crippen LogP contribution in [-0.4, -0.2) is 15.8 Å². The quantitative estimate of drug-likeness (QED) is 0.825. The number of hydrogen-bond acceptors (Lipinski definition) is 1. The Morgan fingerprint density at radius 1 is 1.46 bits per heavy atom. The minimum absolute atomic E-state index is 0.595. The molecule has 1 N–H and O–H groups in total. The van der Waals surface area contributed by atoms with E-state index in [9.17, 15) is 0 Å². The van der Waals surface area contributed by atoms with Crippen LogP contribution in [0.2, 0.25) is 0 Å². The summed E-state index contributed by atoms with van der Waals surface area (Å²) in [5, 5.41) is 0. The van der Waals surface area contributed by atoms with E-state index >= 15 is 0 Å². The number of halogens is 2. The number of aromatic amines is 1. The summed E-state index contributed by atoms with van der Waals surface area (Å²) in [5.74, 6) is 1.54. The van der Waals surface area contributed by atoms with Crippen molar-refractivity contribution in [2.75, 3.05) is 5.88 Å². The van der Waals surface area contributed by atoms with Crippen molar-refractivity contribution in [3.63, 3.8) is 0 Å². The third-order valence-electron chi connectivity index (χ3n) is 1.84. The van der Waals surface area contributed by atoms with Crippen LogP contribution in [0, 0.1) is 0 Å². The number of benzene rings is 1. The lowest BCUT2D eigenvalue weighted by Crippen LogP contribution is -1.87. The van der Waals surface area contributed by atoms with Crippen LogP contribution >= 0.6 is 27.5 Å². The molecule has 0 aliphatic carbocycles. The van der Waals surface area contributed by atoms with E-state index in [2.05, 4.69) is 25.9 Å². The van der Waals surface area contributed by atoms with Crippen molar-refractivity contribution < 1.29 is 0 Å². The van der Waals surface area contributed by atoms with Gasteiger partial charge in [0.15, 0.2) is 0 Å². The molecule has 1 aromatic carbocycles. The maximum absolute atomic E-state index is 5.63. The first-order chi connectivity index (χ1) is 6.31. The molecule has 1 heterocycles. The molecule has 13 heavy (non-hydrogen) atoms. The van der Waals surface area contributed by atoms with Crippen molar-refractivity contribution in [3.8, 4) is 0 Å². The lowest BCUT2D eigenvalue weighted by Gasteiger charge is -1.88. The van der Waals surface area contributed by atoms with Crippen LogP contribution in [0.3, 0.4) is 0 Å². The number of hydrogen-bond donors (Lipinski definition) is 1. The predicted octanol–water partition coefficient (Wildman–Crippen LogP) is 3.11. The fourth-order valence-corrected chi connectivity index (χ4v) is 1.89. The molecule has 0 aliphatic heterocycles. The first kappa shape index (κ1) is 9.03. The number of fused-ring (bicyclic) bond motifs is 1. The first-order valence-corrected chi connectivity index (χ1v) is 5.33. The molecule has 4 heteroatoms. The summed E-state index contributed by atoms with van der Waals surface area (Å²) < 4.78 is 1.02. The van der Waals surface area contributed by atoms with E-state index in [4.69, 9.17) is 11.6 Å². The molecular weight excluding hydrogens is 251 g/mol. The van der Waals surface area contributed by atoms with Crippen molar-refractivity contribution in [1.82, 2.24) is 9.97 Å².